The van der Waals surface area contributed by atoms with E-state index in [0.29, 0.717) is 5.82 Å². The molecule has 2 aromatic rings. The highest BCUT2D eigenvalue weighted by atomic mass is 16.5. The van der Waals surface area contributed by atoms with Crippen LogP contribution >= 0.6 is 0 Å². The SMILES string of the molecule is COc1ccc(N2CCN(c3cnc(N)nc3N)CC2)cc1. The van der Waals surface area contributed by atoms with Gasteiger partial charge < -0.3 is 26.0 Å². The molecule has 4 N–H and O–H groups in total. The van der Waals surface area contributed by atoms with Crippen molar-refractivity contribution in [3.05, 3.63) is 30.5 Å². The molecule has 3 rings (SSSR count). The molecule has 0 saturated carbocycles. The summed E-state index contributed by atoms with van der Waals surface area (Å²) in [6.07, 6.45) is 1.70. The molecule has 1 saturated heterocycles. The van der Waals surface area contributed by atoms with Gasteiger partial charge in [0.2, 0.25) is 5.95 Å². The average Bonchev–Trinajstić information content (AvgIpc) is 2.55. The Bertz CT molecular complexity index is 637. The lowest BCUT2D eigenvalue weighted by atomic mass is 10.2. The van der Waals surface area contributed by atoms with Crippen LogP contribution < -0.4 is 26.0 Å². The monoisotopic (exact) mass is 300 g/mol. The lowest BCUT2D eigenvalue weighted by molar-refractivity contribution is 0.415. The molecule has 7 heteroatoms. The molecule has 0 bridgehead atoms. The minimum absolute atomic E-state index is 0.207. The first-order chi connectivity index (χ1) is 10.7. The second-order valence-corrected chi connectivity index (χ2v) is 5.17. The number of rotatable bonds is 3. The highest BCUT2D eigenvalue weighted by Gasteiger charge is 2.20. The number of hydrogen-bond donors (Lipinski definition) is 2. The first-order valence-corrected chi connectivity index (χ1v) is 7.19. The van der Waals surface area contributed by atoms with Crippen LogP contribution in [0.2, 0.25) is 0 Å². The zero-order valence-corrected chi connectivity index (χ0v) is 12.6. The van der Waals surface area contributed by atoms with E-state index in [1.165, 1.54) is 5.69 Å². The molecule has 0 atom stereocenters. The fourth-order valence-corrected chi connectivity index (χ4v) is 2.65. The van der Waals surface area contributed by atoms with Crippen LogP contribution in [0.5, 0.6) is 5.75 Å². The van der Waals surface area contributed by atoms with Crippen molar-refractivity contribution in [2.24, 2.45) is 0 Å². The topological polar surface area (TPSA) is 93.5 Å². The molecule has 1 aromatic heterocycles. The molecule has 0 unspecified atom stereocenters. The molecular formula is C15H20N6O. The maximum absolute atomic E-state index is 5.93. The fourth-order valence-electron chi connectivity index (χ4n) is 2.65. The molecule has 0 radical (unpaired) electrons. The zero-order valence-electron chi connectivity index (χ0n) is 12.6. The maximum Gasteiger partial charge on any atom is 0.222 e. The molecule has 1 aliphatic rings. The van der Waals surface area contributed by atoms with Crippen molar-refractivity contribution in [2.75, 3.05) is 54.6 Å². The Morgan fingerprint density at radius 1 is 1.00 bits per heavy atom. The number of piperazine rings is 1. The molecule has 7 nitrogen and oxygen atoms in total. The van der Waals surface area contributed by atoms with Crippen LogP contribution in [0.1, 0.15) is 0 Å². The Kier molecular flexibility index (Phi) is 3.86. The van der Waals surface area contributed by atoms with Gasteiger partial charge in [-0.05, 0) is 24.3 Å². The average molecular weight is 300 g/mol. The van der Waals surface area contributed by atoms with Gasteiger partial charge in [0.25, 0.3) is 0 Å². The number of aromatic nitrogens is 2. The Hall–Kier alpha value is -2.70. The number of nitrogen functional groups attached to an aromatic ring is 2. The Morgan fingerprint density at radius 2 is 1.64 bits per heavy atom. The molecular weight excluding hydrogens is 280 g/mol. The number of nitrogens with zero attached hydrogens (tertiary/aromatic N) is 4. The van der Waals surface area contributed by atoms with E-state index >= 15 is 0 Å². The number of anilines is 4. The summed E-state index contributed by atoms with van der Waals surface area (Å²) in [7, 11) is 1.67. The van der Waals surface area contributed by atoms with Crippen LogP contribution in [-0.2, 0) is 0 Å². The molecule has 0 spiro atoms. The van der Waals surface area contributed by atoms with Gasteiger partial charge in [0.05, 0.1) is 19.0 Å². The van der Waals surface area contributed by atoms with Crippen LogP contribution in [0, 0.1) is 0 Å². The summed E-state index contributed by atoms with van der Waals surface area (Å²) in [5.41, 5.74) is 13.5. The molecule has 2 heterocycles. The van der Waals surface area contributed by atoms with Gasteiger partial charge in [0, 0.05) is 31.9 Å². The Labute approximate surface area is 129 Å². The second-order valence-electron chi connectivity index (χ2n) is 5.17. The number of methoxy groups -OCH3 is 1. The van der Waals surface area contributed by atoms with Crippen molar-refractivity contribution in [3.8, 4) is 5.75 Å². The molecule has 1 fully saturated rings. The summed E-state index contributed by atoms with van der Waals surface area (Å²) in [4.78, 5) is 12.6. The van der Waals surface area contributed by atoms with Gasteiger partial charge in [-0.3, -0.25) is 0 Å². The predicted octanol–water partition coefficient (Wildman–Crippen LogP) is 0.976. The normalized spacial score (nSPS) is 15.0. The Morgan fingerprint density at radius 3 is 2.23 bits per heavy atom. The van der Waals surface area contributed by atoms with Gasteiger partial charge in [-0.15, -0.1) is 0 Å². The number of ether oxygens (including phenoxy) is 1. The van der Waals surface area contributed by atoms with Crippen LogP contribution in [0.3, 0.4) is 0 Å². The molecule has 116 valence electrons. The van der Waals surface area contributed by atoms with E-state index in [1.807, 2.05) is 12.1 Å². The predicted molar refractivity (Wildman–Crippen MR) is 88.3 cm³/mol. The lowest BCUT2D eigenvalue weighted by Gasteiger charge is -2.37. The fraction of sp³-hybridized carbons (Fsp3) is 0.333. The summed E-state index contributed by atoms with van der Waals surface area (Å²) in [5.74, 6) is 1.51. The van der Waals surface area contributed by atoms with Crippen molar-refractivity contribution in [1.82, 2.24) is 9.97 Å². The third-order valence-corrected chi connectivity index (χ3v) is 3.87. The van der Waals surface area contributed by atoms with Gasteiger partial charge in [-0.25, -0.2) is 4.98 Å². The minimum Gasteiger partial charge on any atom is -0.497 e. The van der Waals surface area contributed by atoms with Crippen molar-refractivity contribution < 1.29 is 4.74 Å². The minimum atomic E-state index is 0.207. The summed E-state index contributed by atoms with van der Waals surface area (Å²) >= 11 is 0. The number of benzene rings is 1. The van der Waals surface area contributed by atoms with E-state index in [9.17, 15) is 0 Å². The molecule has 1 aliphatic heterocycles. The van der Waals surface area contributed by atoms with E-state index in [-0.39, 0.29) is 5.95 Å². The van der Waals surface area contributed by atoms with Gasteiger partial charge >= 0.3 is 0 Å². The molecule has 0 amide bonds. The van der Waals surface area contributed by atoms with Gasteiger partial charge in [-0.2, -0.15) is 4.98 Å². The van der Waals surface area contributed by atoms with Crippen molar-refractivity contribution in [3.63, 3.8) is 0 Å². The smallest absolute Gasteiger partial charge is 0.222 e. The van der Waals surface area contributed by atoms with E-state index in [4.69, 9.17) is 16.2 Å². The molecule has 0 aliphatic carbocycles. The largest absolute Gasteiger partial charge is 0.497 e. The van der Waals surface area contributed by atoms with Gasteiger partial charge in [0.1, 0.15) is 5.75 Å². The van der Waals surface area contributed by atoms with Crippen LogP contribution in [0.4, 0.5) is 23.1 Å². The van der Waals surface area contributed by atoms with Crippen LogP contribution in [0.15, 0.2) is 30.5 Å². The summed E-state index contributed by atoms with van der Waals surface area (Å²) in [6, 6.07) is 8.12. The Balaban J connectivity index is 1.66. The van der Waals surface area contributed by atoms with Gasteiger partial charge in [0.15, 0.2) is 5.82 Å². The standard InChI is InChI=1S/C15H20N6O/c1-22-12-4-2-11(3-5-12)20-6-8-21(9-7-20)13-10-18-15(17)19-14(13)16/h2-5,10H,6-9H2,1H3,(H4,16,17,18,19). The third kappa shape index (κ3) is 2.83. The number of nitrogens with two attached hydrogens (primary N) is 2. The quantitative estimate of drug-likeness (QED) is 0.872. The van der Waals surface area contributed by atoms with Crippen molar-refractivity contribution in [2.45, 2.75) is 0 Å². The zero-order chi connectivity index (χ0) is 15.5. The summed E-state index contributed by atoms with van der Waals surface area (Å²) in [6.45, 7) is 3.55. The van der Waals surface area contributed by atoms with Gasteiger partial charge in [-0.1, -0.05) is 0 Å². The maximum atomic E-state index is 5.93. The van der Waals surface area contributed by atoms with E-state index in [2.05, 4.69) is 31.9 Å². The van der Waals surface area contributed by atoms with E-state index in [1.54, 1.807) is 13.3 Å². The molecule has 22 heavy (non-hydrogen) atoms. The lowest BCUT2D eigenvalue weighted by Crippen LogP contribution is -2.46. The van der Waals surface area contributed by atoms with Crippen molar-refractivity contribution in [1.29, 1.82) is 0 Å². The van der Waals surface area contributed by atoms with Crippen LogP contribution in [-0.4, -0.2) is 43.3 Å². The third-order valence-electron chi connectivity index (χ3n) is 3.87. The van der Waals surface area contributed by atoms with E-state index in [0.717, 1.165) is 37.6 Å². The highest BCUT2D eigenvalue weighted by molar-refractivity contribution is 5.64. The van der Waals surface area contributed by atoms with Crippen molar-refractivity contribution >= 4 is 23.1 Å². The summed E-state index contributed by atoms with van der Waals surface area (Å²) in [5, 5.41) is 0. The molecule has 1 aromatic carbocycles. The highest BCUT2D eigenvalue weighted by Crippen LogP contribution is 2.25. The second kappa shape index (κ2) is 5.97. The first kappa shape index (κ1) is 14.2. The van der Waals surface area contributed by atoms with E-state index < -0.39 is 0 Å². The first-order valence-electron chi connectivity index (χ1n) is 7.19. The van der Waals surface area contributed by atoms with Crippen LogP contribution in [0.25, 0.3) is 0 Å². The number of hydrogen-bond acceptors (Lipinski definition) is 7. The summed E-state index contributed by atoms with van der Waals surface area (Å²) < 4.78 is 5.19.